The molecular weight excluding hydrogens is 451 g/mol. The zero-order chi connectivity index (χ0) is 23.4. The summed E-state index contributed by atoms with van der Waals surface area (Å²) in [6.07, 6.45) is 1.43. The number of carboxylic acid groups (broad SMARTS) is 1. The van der Waals surface area contributed by atoms with Crippen molar-refractivity contribution in [1.29, 1.82) is 0 Å². The van der Waals surface area contributed by atoms with E-state index in [1.807, 2.05) is 30.3 Å². The van der Waals surface area contributed by atoms with Gasteiger partial charge in [0.2, 0.25) is 0 Å². The Kier molecular flexibility index (Phi) is 11.2. The summed E-state index contributed by atoms with van der Waals surface area (Å²) in [6.45, 7) is -0.551. The number of alkyl halides is 2. The number of carbonyl (C=O) groups excluding carboxylic acids is 1. The van der Waals surface area contributed by atoms with E-state index in [1.54, 1.807) is 6.08 Å². The molecule has 2 aromatic carbocycles. The van der Waals surface area contributed by atoms with Crippen LogP contribution in [-0.2, 0) is 9.59 Å². The number of nitrogens with one attached hydrogen (secondary N) is 1. The van der Waals surface area contributed by atoms with Gasteiger partial charge in [0.15, 0.2) is 4.84 Å². The van der Waals surface area contributed by atoms with Gasteiger partial charge >= 0.3 is 5.97 Å². The standard InChI is InChI=1S/C11H12Cl2N2O5.C9H8O2/c12-10(13)11(18)14-8(5-16)9(17)6-1-3-7(4-2-6)15(19)20;10-9(11)7-6-8-4-2-1-3-5-8/h1-4,8-10,16-17H,5H2,(H,14,18);1-7H,(H,10,11)/b;7-6+/t8-,9-;/m1./s1. The van der Waals surface area contributed by atoms with Gasteiger partial charge < -0.3 is 20.6 Å². The number of amides is 1. The smallest absolute Gasteiger partial charge is 0.328 e. The van der Waals surface area contributed by atoms with E-state index in [-0.39, 0.29) is 5.69 Å². The molecule has 2 aromatic rings. The number of hydrogen-bond donors (Lipinski definition) is 4. The molecule has 0 unspecified atom stereocenters. The number of nitro benzene ring substituents is 1. The van der Waals surface area contributed by atoms with Gasteiger partial charge in [-0.2, -0.15) is 0 Å². The van der Waals surface area contributed by atoms with Crippen LogP contribution in [0.1, 0.15) is 17.2 Å². The van der Waals surface area contributed by atoms with Crippen molar-refractivity contribution in [2.24, 2.45) is 0 Å². The van der Waals surface area contributed by atoms with Crippen LogP contribution in [0.15, 0.2) is 60.7 Å². The van der Waals surface area contributed by atoms with Gasteiger partial charge in [0.05, 0.1) is 17.6 Å². The minimum absolute atomic E-state index is 0.132. The molecule has 0 saturated carbocycles. The second kappa shape index (κ2) is 13.3. The second-order valence-corrected chi connectivity index (χ2v) is 7.07. The highest BCUT2D eigenvalue weighted by atomic mass is 35.5. The van der Waals surface area contributed by atoms with Crippen molar-refractivity contribution >= 4 is 46.8 Å². The van der Waals surface area contributed by atoms with Crippen molar-refractivity contribution in [3.63, 3.8) is 0 Å². The van der Waals surface area contributed by atoms with E-state index in [1.165, 1.54) is 24.3 Å². The van der Waals surface area contributed by atoms with Crippen LogP contribution in [0.4, 0.5) is 5.69 Å². The highest BCUT2D eigenvalue weighted by Gasteiger charge is 2.24. The summed E-state index contributed by atoms with van der Waals surface area (Å²) in [4.78, 5) is 30.0. The Bertz CT molecular complexity index is 890. The molecule has 0 radical (unpaired) electrons. The molecule has 0 aliphatic carbocycles. The summed E-state index contributed by atoms with van der Waals surface area (Å²) in [5, 5.41) is 40.2. The largest absolute Gasteiger partial charge is 0.478 e. The van der Waals surface area contributed by atoms with Gasteiger partial charge in [0.25, 0.3) is 11.6 Å². The topological polar surface area (TPSA) is 150 Å². The van der Waals surface area contributed by atoms with E-state index in [0.717, 1.165) is 11.6 Å². The molecule has 2 atom stereocenters. The quantitative estimate of drug-likeness (QED) is 0.200. The number of nitro groups is 1. The molecule has 0 bridgehead atoms. The number of nitrogens with zero attached hydrogens (tertiary/aromatic N) is 1. The SMILES string of the molecule is O=C(N[C@H](CO)[C@H](O)c1ccc([N+](=O)[O-])cc1)C(Cl)Cl.O=C(O)/C=C/c1ccccc1. The highest BCUT2D eigenvalue weighted by Crippen LogP contribution is 2.20. The van der Waals surface area contributed by atoms with Crippen molar-refractivity contribution in [3.05, 3.63) is 81.9 Å². The summed E-state index contributed by atoms with van der Waals surface area (Å²) in [5.41, 5.74) is 1.07. The van der Waals surface area contributed by atoms with Crippen LogP contribution in [-0.4, -0.2) is 49.6 Å². The predicted octanol–water partition coefficient (Wildman–Crippen LogP) is 2.69. The maximum absolute atomic E-state index is 11.3. The lowest BCUT2D eigenvalue weighted by molar-refractivity contribution is -0.384. The number of hydrogen-bond acceptors (Lipinski definition) is 6. The summed E-state index contributed by atoms with van der Waals surface area (Å²) < 4.78 is 0. The Morgan fingerprint density at radius 2 is 1.68 bits per heavy atom. The number of aliphatic carboxylic acids is 1. The zero-order valence-corrected chi connectivity index (χ0v) is 17.5. The van der Waals surface area contributed by atoms with Gasteiger partial charge in [-0.15, -0.1) is 0 Å². The van der Waals surface area contributed by atoms with Crippen molar-refractivity contribution in [2.45, 2.75) is 17.0 Å². The van der Waals surface area contributed by atoms with Crippen molar-refractivity contribution < 1.29 is 29.8 Å². The molecule has 0 aliphatic heterocycles. The molecule has 1 amide bonds. The van der Waals surface area contributed by atoms with Crippen LogP contribution in [0.2, 0.25) is 0 Å². The number of rotatable bonds is 8. The number of non-ortho nitro benzene ring substituents is 1. The molecule has 31 heavy (non-hydrogen) atoms. The number of aliphatic hydroxyl groups is 2. The minimum atomic E-state index is -1.33. The molecule has 0 saturated heterocycles. The first-order valence-electron chi connectivity index (χ1n) is 8.73. The van der Waals surface area contributed by atoms with Crippen LogP contribution in [0.25, 0.3) is 6.08 Å². The Morgan fingerprint density at radius 1 is 1.10 bits per heavy atom. The van der Waals surface area contributed by atoms with Gasteiger partial charge in [0, 0.05) is 18.2 Å². The number of halogens is 2. The molecule has 0 aliphatic rings. The molecule has 0 aromatic heterocycles. The third-order valence-electron chi connectivity index (χ3n) is 3.77. The molecule has 4 N–H and O–H groups in total. The van der Waals surface area contributed by atoms with Gasteiger partial charge in [-0.25, -0.2) is 4.79 Å². The normalized spacial score (nSPS) is 12.5. The van der Waals surface area contributed by atoms with Crippen LogP contribution >= 0.6 is 23.2 Å². The van der Waals surface area contributed by atoms with Gasteiger partial charge in [-0.1, -0.05) is 53.5 Å². The Labute approximate surface area is 187 Å². The van der Waals surface area contributed by atoms with Gasteiger partial charge in [0.1, 0.15) is 6.10 Å². The second-order valence-electron chi connectivity index (χ2n) is 5.97. The summed E-state index contributed by atoms with van der Waals surface area (Å²) in [6, 6.07) is 13.4. The van der Waals surface area contributed by atoms with Crippen molar-refractivity contribution in [2.75, 3.05) is 6.61 Å². The molecule has 0 heterocycles. The minimum Gasteiger partial charge on any atom is -0.478 e. The summed E-state index contributed by atoms with van der Waals surface area (Å²) in [7, 11) is 0. The third kappa shape index (κ3) is 9.58. The first-order chi connectivity index (χ1) is 14.6. The van der Waals surface area contributed by atoms with E-state index < -0.39 is 40.4 Å². The van der Waals surface area contributed by atoms with Crippen LogP contribution in [0, 0.1) is 10.1 Å². The number of benzene rings is 2. The van der Waals surface area contributed by atoms with Crippen LogP contribution in [0.3, 0.4) is 0 Å². The van der Waals surface area contributed by atoms with Crippen LogP contribution in [0.5, 0.6) is 0 Å². The zero-order valence-electron chi connectivity index (χ0n) is 16.0. The third-order valence-corrected chi connectivity index (χ3v) is 4.16. The van der Waals surface area contributed by atoms with Crippen LogP contribution < -0.4 is 5.32 Å². The maximum Gasteiger partial charge on any atom is 0.328 e. The fourth-order valence-electron chi connectivity index (χ4n) is 2.23. The number of carbonyl (C=O) groups is 2. The highest BCUT2D eigenvalue weighted by molar-refractivity contribution is 6.53. The molecule has 0 spiro atoms. The van der Waals surface area contributed by atoms with Gasteiger partial charge in [-0.3, -0.25) is 14.9 Å². The average Bonchev–Trinajstić information content (AvgIpc) is 2.76. The molecule has 166 valence electrons. The van der Waals surface area contributed by atoms with E-state index in [9.17, 15) is 24.8 Å². The monoisotopic (exact) mass is 470 g/mol. The molecule has 11 heteroatoms. The van der Waals surface area contributed by atoms with E-state index in [4.69, 9.17) is 33.4 Å². The first-order valence-corrected chi connectivity index (χ1v) is 9.60. The maximum atomic E-state index is 11.3. The van der Waals surface area contributed by atoms with Crippen molar-refractivity contribution in [3.8, 4) is 0 Å². The molecular formula is C20H20Cl2N2O7. The lowest BCUT2D eigenvalue weighted by Gasteiger charge is -2.22. The first kappa shape index (κ1) is 26.1. The average molecular weight is 471 g/mol. The lowest BCUT2D eigenvalue weighted by Crippen LogP contribution is -2.44. The summed E-state index contributed by atoms with van der Waals surface area (Å²) in [5.74, 6) is -1.68. The summed E-state index contributed by atoms with van der Waals surface area (Å²) >= 11 is 10.7. The Morgan fingerprint density at radius 3 is 2.13 bits per heavy atom. The van der Waals surface area contributed by atoms with E-state index in [0.29, 0.717) is 5.56 Å². The Hall–Kier alpha value is -2.98. The van der Waals surface area contributed by atoms with E-state index >= 15 is 0 Å². The Balaban J connectivity index is 0.000000367. The molecule has 2 rings (SSSR count). The fraction of sp³-hybridized carbons (Fsp3) is 0.200. The number of carboxylic acids is 1. The predicted molar refractivity (Wildman–Crippen MR) is 116 cm³/mol. The van der Waals surface area contributed by atoms with Crippen molar-refractivity contribution in [1.82, 2.24) is 5.32 Å². The lowest BCUT2D eigenvalue weighted by atomic mass is 10.0. The van der Waals surface area contributed by atoms with E-state index in [2.05, 4.69) is 5.32 Å². The van der Waals surface area contributed by atoms with Gasteiger partial charge in [-0.05, 0) is 29.3 Å². The molecule has 9 nitrogen and oxygen atoms in total. The number of aliphatic hydroxyl groups excluding tert-OH is 2. The molecule has 0 fully saturated rings. The fourth-order valence-corrected chi connectivity index (χ4v) is 2.35.